The van der Waals surface area contributed by atoms with E-state index in [0.717, 1.165) is 16.7 Å². The summed E-state index contributed by atoms with van der Waals surface area (Å²) in [5.41, 5.74) is 4.12. The first-order valence-corrected chi connectivity index (χ1v) is 13.9. The Bertz CT molecular complexity index is 1290. The molecule has 36 heavy (non-hydrogen) atoms. The lowest BCUT2D eigenvalue weighted by atomic mass is 10.0. The number of amides is 1. The first-order valence-electron chi connectivity index (χ1n) is 12.1. The van der Waals surface area contributed by atoms with Gasteiger partial charge in [-0.1, -0.05) is 29.8 Å². The Morgan fingerprint density at radius 1 is 1.11 bits per heavy atom. The Labute approximate surface area is 211 Å². The molecule has 10 nitrogen and oxygen atoms in total. The second-order valence-corrected chi connectivity index (χ2v) is 11.4. The zero-order valence-electron chi connectivity index (χ0n) is 20.8. The van der Waals surface area contributed by atoms with Crippen molar-refractivity contribution in [3.63, 3.8) is 0 Å². The van der Waals surface area contributed by atoms with E-state index in [1.54, 1.807) is 10.7 Å². The molecule has 1 amide bonds. The first kappa shape index (κ1) is 25.9. The van der Waals surface area contributed by atoms with Gasteiger partial charge in [-0.2, -0.15) is 4.68 Å². The maximum atomic E-state index is 13.3. The predicted octanol–water partition coefficient (Wildman–Crippen LogP) is 2.02. The standard InChI is InChI=1S/C25H32N6O4S/c1-4-35-17-24-27-28-29-31(24)23-14-21(20-7-5-18(2)6-8-20)13-22(15-23)25(32)26-19(3)16-30-9-11-36(33,34)12-10-30/h5-8,13-15,19H,4,9-12,16-17H2,1-3H3,(H,26,32)/t19-/m1/s1. The van der Waals surface area contributed by atoms with Gasteiger partial charge in [-0.05, 0) is 60.5 Å². The van der Waals surface area contributed by atoms with Crippen LogP contribution in [0.5, 0.6) is 0 Å². The summed E-state index contributed by atoms with van der Waals surface area (Å²) in [6.07, 6.45) is 0. The molecule has 1 saturated heterocycles. The number of nitrogens with zero attached hydrogens (tertiary/aromatic N) is 5. The van der Waals surface area contributed by atoms with E-state index in [9.17, 15) is 13.2 Å². The highest BCUT2D eigenvalue weighted by molar-refractivity contribution is 7.91. The maximum absolute atomic E-state index is 13.3. The number of aryl methyl sites for hydroxylation is 1. The summed E-state index contributed by atoms with van der Waals surface area (Å²) < 4.78 is 30.5. The van der Waals surface area contributed by atoms with Crippen LogP contribution in [0.3, 0.4) is 0 Å². The van der Waals surface area contributed by atoms with Crippen LogP contribution in [-0.4, -0.2) is 83.2 Å². The van der Waals surface area contributed by atoms with E-state index in [1.807, 2.05) is 57.2 Å². The van der Waals surface area contributed by atoms with E-state index in [0.29, 0.717) is 43.3 Å². The molecule has 1 atom stereocenters. The summed E-state index contributed by atoms with van der Waals surface area (Å²) in [4.78, 5) is 15.4. The fraction of sp³-hybridized carbons (Fsp3) is 0.440. The average Bonchev–Trinajstić information content (AvgIpc) is 3.33. The van der Waals surface area contributed by atoms with Crippen molar-refractivity contribution in [2.75, 3.05) is 37.7 Å². The number of sulfone groups is 1. The highest BCUT2D eigenvalue weighted by atomic mass is 32.2. The molecule has 1 aliphatic rings. The van der Waals surface area contributed by atoms with E-state index in [1.165, 1.54) is 0 Å². The lowest BCUT2D eigenvalue weighted by Gasteiger charge is -2.29. The van der Waals surface area contributed by atoms with Gasteiger partial charge in [-0.3, -0.25) is 9.69 Å². The third-order valence-electron chi connectivity index (χ3n) is 6.13. The van der Waals surface area contributed by atoms with Crippen LogP contribution in [-0.2, 0) is 21.2 Å². The highest BCUT2D eigenvalue weighted by Crippen LogP contribution is 2.25. The Morgan fingerprint density at radius 2 is 1.83 bits per heavy atom. The minimum Gasteiger partial charge on any atom is -0.374 e. The molecule has 0 unspecified atom stereocenters. The minimum absolute atomic E-state index is 0.158. The molecule has 192 valence electrons. The van der Waals surface area contributed by atoms with Gasteiger partial charge in [0.05, 0.1) is 17.2 Å². The number of ether oxygens (including phenoxy) is 1. The number of nitrogens with one attached hydrogen (secondary N) is 1. The van der Waals surface area contributed by atoms with Crippen LogP contribution in [0.25, 0.3) is 16.8 Å². The number of tetrazole rings is 1. The summed E-state index contributed by atoms with van der Waals surface area (Å²) in [6.45, 7) is 8.19. The van der Waals surface area contributed by atoms with Crippen molar-refractivity contribution < 1.29 is 17.9 Å². The SMILES string of the molecule is CCOCc1nnnn1-c1cc(C(=O)N[C@H](C)CN2CCS(=O)(=O)CC2)cc(-c2ccc(C)cc2)c1. The molecule has 0 aliphatic carbocycles. The van der Waals surface area contributed by atoms with Gasteiger partial charge in [-0.15, -0.1) is 5.10 Å². The van der Waals surface area contributed by atoms with Crippen LogP contribution in [0.2, 0.25) is 0 Å². The van der Waals surface area contributed by atoms with Gasteiger partial charge < -0.3 is 10.1 Å². The summed E-state index contributed by atoms with van der Waals surface area (Å²) in [5, 5.41) is 15.1. The van der Waals surface area contributed by atoms with Crippen LogP contribution in [0.1, 0.15) is 35.6 Å². The topological polar surface area (TPSA) is 119 Å². The van der Waals surface area contributed by atoms with Crippen LogP contribution in [0, 0.1) is 6.92 Å². The molecule has 0 bridgehead atoms. The molecule has 1 aliphatic heterocycles. The molecule has 1 aromatic heterocycles. The molecule has 0 radical (unpaired) electrons. The van der Waals surface area contributed by atoms with Crippen molar-refractivity contribution in [1.82, 2.24) is 30.4 Å². The summed E-state index contributed by atoms with van der Waals surface area (Å²) >= 11 is 0. The fourth-order valence-electron chi connectivity index (χ4n) is 4.14. The number of hydrogen-bond acceptors (Lipinski definition) is 8. The van der Waals surface area contributed by atoms with Crippen molar-refractivity contribution in [1.29, 1.82) is 0 Å². The molecule has 2 heterocycles. The molecule has 11 heteroatoms. The van der Waals surface area contributed by atoms with Crippen molar-refractivity contribution in [3.05, 3.63) is 59.4 Å². The fourth-order valence-corrected chi connectivity index (χ4v) is 5.42. The van der Waals surface area contributed by atoms with E-state index in [4.69, 9.17) is 4.74 Å². The van der Waals surface area contributed by atoms with Crippen LogP contribution >= 0.6 is 0 Å². The lowest BCUT2D eigenvalue weighted by molar-refractivity contribution is 0.0930. The van der Waals surface area contributed by atoms with Crippen molar-refractivity contribution in [3.8, 4) is 16.8 Å². The number of benzene rings is 2. The second kappa shape index (κ2) is 11.3. The van der Waals surface area contributed by atoms with E-state index in [-0.39, 0.29) is 30.1 Å². The third kappa shape index (κ3) is 6.54. The maximum Gasteiger partial charge on any atom is 0.251 e. The van der Waals surface area contributed by atoms with Gasteiger partial charge >= 0.3 is 0 Å². The Hall–Kier alpha value is -3.15. The average molecular weight is 513 g/mol. The lowest BCUT2D eigenvalue weighted by Crippen LogP contribution is -2.47. The molecule has 1 N–H and O–H groups in total. The van der Waals surface area contributed by atoms with Gasteiger partial charge in [0, 0.05) is 37.8 Å². The van der Waals surface area contributed by atoms with Gasteiger partial charge in [-0.25, -0.2) is 8.42 Å². The van der Waals surface area contributed by atoms with Crippen LogP contribution in [0.4, 0.5) is 0 Å². The molecule has 1 fully saturated rings. The van der Waals surface area contributed by atoms with Crippen molar-refractivity contribution in [2.24, 2.45) is 0 Å². The van der Waals surface area contributed by atoms with Crippen LogP contribution < -0.4 is 5.32 Å². The molecule has 3 aromatic rings. The van der Waals surface area contributed by atoms with Gasteiger partial charge in [0.2, 0.25) is 0 Å². The van der Waals surface area contributed by atoms with Gasteiger partial charge in [0.25, 0.3) is 5.91 Å². The minimum atomic E-state index is -2.94. The van der Waals surface area contributed by atoms with E-state index < -0.39 is 9.84 Å². The quantitative estimate of drug-likeness (QED) is 0.463. The Balaban J connectivity index is 1.59. The number of rotatable bonds is 9. The Morgan fingerprint density at radius 3 is 2.53 bits per heavy atom. The molecule has 2 aromatic carbocycles. The zero-order chi connectivity index (χ0) is 25.7. The highest BCUT2D eigenvalue weighted by Gasteiger charge is 2.23. The molecule has 0 spiro atoms. The number of aromatic nitrogens is 4. The second-order valence-electron chi connectivity index (χ2n) is 9.11. The summed E-state index contributed by atoms with van der Waals surface area (Å²) in [6, 6.07) is 13.5. The Kier molecular flexibility index (Phi) is 8.12. The van der Waals surface area contributed by atoms with Gasteiger partial charge in [0.1, 0.15) is 6.61 Å². The molecular formula is C25H32N6O4S. The van der Waals surface area contributed by atoms with E-state index in [2.05, 4.69) is 25.7 Å². The normalized spacial score (nSPS) is 16.5. The summed E-state index contributed by atoms with van der Waals surface area (Å²) in [7, 11) is -2.94. The monoisotopic (exact) mass is 512 g/mol. The largest absolute Gasteiger partial charge is 0.374 e. The van der Waals surface area contributed by atoms with E-state index >= 15 is 0 Å². The van der Waals surface area contributed by atoms with Crippen molar-refractivity contribution in [2.45, 2.75) is 33.4 Å². The smallest absolute Gasteiger partial charge is 0.251 e. The number of carbonyl (C=O) groups excluding carboxylic acids is 1. The molecule has 4 rings (SSSR count). The number of hydrogen-bond donors (Lipinski definition) is 1. The number of carbonyl (C=O) groups is 1. The first-order chi connectivity index (χ1) is 17.2. The third-order valence-corrected chi connectivity index (χ3v) is 7.73. The molecule has 0 saturated carbocycles. The predicted molar refractivity (Wildman–Crippen MR) is 137 cm³/mol. The van der Waals surface area contributed by atoms with Crippen molar-refractivity contribution >= 4 is 15.7 Å². The zero-order valence-corrected chi connectivity index (χ0v) is 21.7. The summed E-state index contributed by atoms with van der Waals surface area (Å²) in [5.74, 6) is 0.636. The van der Waals surface area contributed by atoms with Gasteiger partial charge in [0.15, 0.2) is 15.7 Å². The van der Waals surface area contributed by atoms with Crippen LogP contribution in [0.15, 0.2) is 42.5 Å². The molecular weight excluding hydrogens is 480 g/mol.